The first kappa shape index (κ1) is 17.5. The van der Waals surface area contributed by atoms with Gasteiger partial charge in [0.2, 0.25) is 5.91 Å². The summed E-state index contributed by atoms with van der Waals surface area (Å²) in [5, 5.41) is 0.333. The molecule has 0 aliphatic carbocycles. The molecule has 0 saturated carbocycles. The number of halogens is 2. The molecule has 7 heteroatoms. The van der Waals surface area contributed by atoms with Gasteiger partial charge in [0.15, 0.2) is 0 Å². The van der Waals surface area contributed by atoms with E-state index in [1.807, 2.05) is 0 Å². The SMILES string of the molecule is CN(Cc1c(F)cccc1Cl)C(=O)CSC(=S)N1CCCC1. The molecule has 3 nitrogen and oxygen atoms in total. The van der Waals surface area contributed by atoms with Crippen molar-refractivity contribution in [3.63, 3.8) is 0 Å². The number of hydrogen-bond acceptors (Lipinski definition) is 3. The van der Waals surface area contributed by atoms with E-state index >= 15 is 0 Å². The second-order valence-electron chi connectivity index (χ2n) is 5.20. The lowest BCUT2D eigenvalue weighted by Crippen LogP contribution is -2.30. The highest BCUT2D eigenvalue weighted by Crippen LogP contribution is 2.21. The quantitative estimate of drug-likeness (QED) is 0.766. The van der Waals surface area contributed by atoms with E-state index in [-0.39, 0.29) is 18.2 Å². The molecule has 1 heterocycles. The largest absolute Gasteiger partial charge is 0.358 e. The maximum Gasteiger partial charge on any atom is 0.233 e. The first-order valence-corrected chi connectivity index (χ1v) is 8.85. The summed E-state index contributed by atoms with van der Waals surface area (Å²) >= 11 is 12.7. The van der Waals surface area contributed by atoms with Crippen LogP contribution < -0.4 is 0 Å². The van der Waals surface area contributed by atoms with E-state index in [1.54, 1.807) is 19.2 Å². The summed E-state index contributed by atoms with van der Waals surface area (Å²) in [6.07, 6.45) is 2.31. The van der Waals surface area contributed by atoms with Crippen LogP contribution in [0.2, 0.25) is 5.02 Å². The van der Waals surface area contributed by atoms with Gasteiger partial charge < -0.3 is 9.80 Å². The van der Waals surface area contributed by atoms with E-state index in [2.05, 4.69) is 4.90 Å². The molecule has 1 aliphatic rings. The third-order valence-electron chi connectivity index (χ3n) is 3.57. The van der Waals surface area contributed by atoms with Crippen molar-refractivity contribution in [1.82, 2.24) is 9.80 Å². The molecule has 1 aromatic carbocycles. The molecule has 0 unspecified atom stereocenters. The van der Waals surface area contributed by atoms with E-state index in [4.69, 9.17) is 23.8 Å². The summed E-state index contributed by atoms with van der Waals surface area (Å²) in [5.41, 5.74) is 0.340. The average Bonchev–Trinajstić information content (AvgIpc) is 3.02. The fourth-order valence-corrected chi connectivity index (χ4v) is 3.65. The van der Waals surface area contributed by atoms with E-state index in [9.17, 15) is 9.18 Å². The van der Waals surface area contributed by atoms with Crippen LogP contribution in [0, 0.1) is 5.82 Å². The van der Waals surface area contributed by atoms with Crippen molar-refractivity contribution in [3.8, 4) is 0 Å². The lowest BCUT2D eigenvalue weighted by atomic mass is 10.2. The first-order chi connectivity index (χ1) is 10.5. The number of likely N-dealkylation sites (tertiary alicyclic amines) is 1. The molecule has 0 N–H and O–H groups in total. The fourth-order valence-electron chi connectivity index (χ4n) is 2.23. The molecule has 2 rings (SSSR count). The normalized spacial score (nSPS) is 14.2. The van der Waals surface area contributed by atoms with Gasteiger partial charge in [-0.2, -0.15) is 0 Å². The van der Waals surface area contributed by atoms with Gasteiger partial charge in [-0.3, -0.25) is 4.79 Å². The van der Waals surface area contributed by atoms with Crippen molar-refractivity contribution in [1.29, 1.82) is 0 Å². The molecule has 0 aromatic heterocycles. The molecule has 1 aliphatic heterocycles. The van der Waals surface area contributed by atoms with Crippen molar-refractivity contribution in [2.45, 2.75) is 19.4 Å². The Morgan fingerprint density at radius 2 is 2.14 bits per heavy atom. The molecule has 0 atom stereocenters. The van der Waals surface area contributed by atoms with Crippen LogP contribution in [0.25, 0.3) is 0 Å². The zero-order valence-electron chi connectivity index (χ0n) is 12.3. The van der Waals surface area contributed by atoms with Crippen LogP contribution >= 0.6 is 35.6 Å². The molecule has 0 radical (unpaired) electrons. The number of hydrogen-bond donors (Lipinski definition) is 0. The monoisotopic (exact) mass is 360 g/mol. The van der Waals surface area contributed by atoms with Crippen LogP contribution in [0.5, 0.6) is 0 Å². The average molecular weight is 361 g/mol. The Bertz CT molecular complexity index is 544. The Balaban J connectivity index is 1.85. The summed E-state index contributed by atoms with van der Waals surface area (Å²) in [6, 6.07) is 4.51. The highest BCUT2D eigenvalue weighted by molar-refractivity contribution is 8.23. The summed E-state index contributed by atoms with van der Waals surface area (Å²) in [7, 11) is 1.64. The van der Waals surface area contributed by atoms with Crippen LogP contribution in [-0.2, 0) is 11.3 Å². The number of nitrogens with zero attached hydrogens (tertiary/aromatic N) is 2. The molecule has 0 bridgehead atoms. The van der Waals surface area contributed by atoms with Crippen molar-refractivity contribution in [3.05, 3.63) is 34.6 Å². The van der Waals surface area contributed by atoms with Gasteiger partial charge in [-0.25, -0.2) is 4.39 Å². The van der Waals surface area contributed by atoms with Gasteiger partial charge in [-0.05, 0) is 25.0 Å². The molecule has 0 spiro atoms. The summed E-state index contributed by atoms with van der Waals surface area (Å²) in [5.74, 6) is -0.226. The van der Waals surface area contributed by atoms with Crippen molar-refractivity contribution >= 4 is 45.8 Å². The molecule has 1 saturated heterocycles. The Morgan fingerprint density at radius 1 is 1.45 bits per heavy atom. The predicted octanol–water partition coefficient (Wildman–Crippen LogP) is 3.55. The van der Waals surface area contributed by atoms with E-state index in [0.717, 1.165) is 30.3 Å². The van der Waals surface area contributed by atoms with E-state index < -0.39 is 5.82 Å². The van der Waals surface area contributed by atoms with Gasteiger partial charge in [0.05, 0.1) is 5.75 Å². The topological polar surface area (TPSA) is 23.6 Å². The second kappa shape index (κ2) is 8.13. The van der Waals surface area contributed by atoms with Gasteiger partial charge in [0.25, 0.3) is 0 Å². The maximum absolute atomic E-state index is 13.7. The number of carbonyl (C=O) groups excluding carboxylic acids is 1. The summed E-state index contributed by atoms with van der Waals surface area (Å²) in [4.78, 5) is 15.8. The number of carbonyl (C=O) groups is 1. The van der Waals surface area contributed by atoms with Crippen molar-refractivity contribution in [2.24, 2.45) is 0 Å². The van der Waals surface area contributed by atoms with Crippen LogP contribution in [-0.4, -0.2) is 45.9 Å². The van der Waals surface area contributed by atoms with Crippen molar-refractivity contribution < 1.29 is 9.18 Å². The molecular weight excluding hydrogens is 343 g/mol. The third kappa shape index (κ3) is 4.57. The van der Waals surface area contributed by atoms with Gasteiger partial charge >= 0.3 is 0 Å². The Kier molecular flexibility index (Phi) is 6.47. The minimum absolute atomic E-state index is 0.0918. The fraction of sp³-hybridized carbons (Fsp3) is 0.467. The Labute approximate surface area is 144 Å². The Hall–Kier alpha value is -0.850. The van der Waals surface area contributed by atoms with Gasteiger partial charge in [-0.15, -0.1) is 0 Å². The number of amides is 1. The molecule has 1 fully saturated rings. The zero-order valence-corrected chi connectivity index (χ0v) is 14.7. The third-order valence-corrected chi connectivity index (χ3v) is 5.43. The Morgan fingerprint density at radius 3 is 2.77 bits per heavy atom. The predicted molar refractivity (Wildman–Crippen MR) is 93.7 cm³/mol. The lowest BCUT2D eigenvalue weighted by molar-refractivity contribution is -0.127. The first-order valence-electron chi connectivity index (χ1n) is 7.07. The highest BCUT2D eigenvalue weighted by atomic mass is 35.5. The minimum atomic E-state index is -0.396. The standard InChI is InChI=1S/C15H18ClFN2OS2/c1-18(9-11-12(16)5-4-6-13(11)17)14(20)10-22-15(21)19-7-2-3-8-19/h4-6H,2-3,7-10H2,1H3. The maximum atomic E-state index is 13.7. The van der Waals surface area contributed by atoms with Crippen LogP contribution in [0.3, 0.4) is 0 Å². The highest BCUT2D eigenvalue weighted by Gasteiger charge is 2.18. The molecule has 1 aromatic rings. The number of thiocarbonyl (C=S) groups is 1. The number of benzene rings is 1. The number of rotatable bonds is 4. The summed E-state index contributed by atoms with van der Waals surface area (Å²) in [6.45, 7) is 2.10. The van der Waals surface area contributed by atoms with Gasteiger partial charge in [0.1, 0.15) is 10.1 Å². The second-order valence-corrected chi connectivity index (χ2v) is 7.22. The van der Waals surface area contributed by atoms with Crippen LogP contribution in [0.15, 0.2) is 18.2 Å². The van der Waals surface area contributed by atoms with Gasteiger partial charge in [0, 0.05) is 37.3 Å². The van der Waals surface area contributed by atoms with Crippen LogP contribution in [0.4, 0.5) is 4.39 Å². The molecule has 120 valence electrons. The van der Waals surface area contributed by atoms with Crippen LogP contribution in [0.1, 0.15) is 18.4 Å². The number of thioether (sulfide) groups is 1. The molecular formula is C15H18ClFN2OS2. The van der Waals surface area contributed by atoms with Gasteiger partial charge in [-0.1, -0.05) is 41.6 Å². The lowest BCUT2D eigenvalue weighted by Gasteiger charge is -2.20. The van der Waals surface area contributed by atoms with Crippen molar-refractivity contribution in [2.75, 3.05) is 25.9 Å². The zero-order chi connectivity index (χ0) is 16.1. The molecule has 1 amide bonds. The molecule has 22 heavy (non-hydrogen) atoms. The summed E-state index contributed by atoms with van der Waals surface area (Å²) < 4.78 is 14.5. The van der Waals surface area contributed by atoms with E-state index in [1.165, 1.54) is 22.7 Å². The van der Waals surface area contributed by atoms with E-state index in [0.29, 0.717) is 10.6 Å². The minimum Gasteiger partial charge on any atom is -0.358 e. The smallest absolute Gasteiger partial charge is 0.233 e.